The first-order chi connectivity index (χ1) is 11.2. The second-order valence-corrected chi connectivity index (χ2v) is 6.06. The van der Waals surface area contributed by atoms with E-state index in [-0.39, 0.29) is 36.4 Å². The maximum Gasteiger partial charge on any atom is 0.241 e. The third-order valence-corrected chi connectivity index (χ3v) is 4.00. The van der Waals surface area contributed by atoms with Crippen LogP contribution in [0.4, 0.5) is 0 Å². The van der Waals surface area contributed by atoms with Crippen molar-refractivity contribution in [3.8, 4) is 0 Å². The van der Waals surface area contributed by atoms with E-state index in [1.807, 2.05) is 36.1 Å². The van der Waals surface area contributed by atoms with Gasteiger partial charge in [0.1, 0.15) is 0 Å². The smallest absolute Gasteiger partial charge is 0.241 e. The summed E-state index contributed by atoms with van der Waals surface area (Å²) in [6.07, 6.45) is 3.43. The lowest BCUT2D eigenvalue weighted by atomic mass is 10.1. The average Bonchev–Trinajstić information content (AvgIpc) is 2.58. The normalized spacial score (nSPS) is 14.8. The van der Waals surface area contributed by atoms with Crippen LogP contribution < -0.4 is 10.6 Å². The quantitative estimate of drug-likeness (QED) is 0.400. The Kier molecular flexibility index (Phi) is 10.1. The summed E-state index contributed by atoms with van der Waals surface area (Å²) in [5, 5.41) is 6.98. The molecule has 7 heteroatoms. The van der Waals surface area contributed by atoms with Crippen molar-refractivity contribution in [2.24, 2.45) is 4.99 Å². The standard InChI is InChI=1S/C17H25ClN4O.HI/c1-2-19-17(20-12-14-7-6-8-15(18)11-14)21-13-16(23)22-9-4-3-5-10-22;/h6-8,11H,2-5,9-10,12-13H2,1H3,(H2,19,20,21);1H. The fourth-order valence-corrected chi connectivity index (χ4v) is 2.77. The Bertz CT molecular complexity index is 547. The van der Waals surface area contributed by atoms with Crippen LogP contribution in [0.15, 0.2) is 29.3 Å². The summed E-state index contributed by atoms with van der Waals surface area (Å²) >= 11 is 5.98. The summed E-state index contributed by atoms with van der Waals surface area (Å²) in [6, 6.07) is 7.63. The fourth-order valence-electron chi connectivity index (χ4n) is 2.56. The lowest BCUT2D eigenvalue weighted by molar-refractivity contribution is -0.130. The summed E-state index contributed by atoms with van der Waals surface area (Å²) in [5.41, 5.74) is 1.04. The van der Waals surface area contributed by atoms with E-state index in [0.717, 1.165) is 38.0 Å². The van der Waals surface area contributed by atoms with E-state index in [1.54, 1.807) is 0 Å². The molecule has 1 heterocycles. The molecule has 0 aromatic heterocycles. The number of hydrogen-bond donors (Lipinski definition) is 2. The molecular formula is C17H26ClIN4O. The molecule has 1 aromatic carbocycles. The van der Waals surface area contributed by atoms with E-state index in [4.69, 9.17) is 11.6 Å². The number of guanidine groups is 1. The van der Waals surface area contributed by atoms with Crippen LogP contribution >= 0.6 is 35.6 Å². The highest BCUT2D eigenvalue weighted by Crippen LogP contribution is 2.11. The molecule has 1 fully saturated rings. The van der Waals surface area contributed by atoms with Crippen LogP contribution in [0.3, 0.4) is 0 Å². The van der Waals surface area contributed by atoms with Gasteiger partial charge >= 0.3 is 0 Å². The van der Waals surface area contributed by atoms with Crippen molar-refractivity contribution in [1.82, 2.24) is 15.5 Å². The van der Waals surface area contributed by atoms with Gasteiger partial charge in [0, 0.05) is 24.7 Å². The Morgan fingerprint density at radius 1 is 1.25 bits per heavy atom. The van der Waals surface area contributed by atoms with Crippen LogP contribution in [0.5, 0.6) is 0 Å². The first-order valence-corrected chi connectivity index (χ1v) is 8.61. The third kappa shape index (κ3) is 7.25. The number of amides is 1. The molecule has 0 radical (unpaired) electrons. The van der Waals surface area contributed by atoms with Gasteiger partial charge in [0.15, 0.2) is 5.96 Å². The van der Waals surface area contributed by atoms with Gasteiger partial charge in [-0.3, -0.25) is 4.79 Å². The maximum atomic E-state index is 12.2. The summed E-state index contributed by atoms with van der Waals surface area (Å²) in [6.45, 7) is 5.30. The molecule has 2 rings (SSSR count). The molecule has 1 aliphatic rings. The second-order valence-electron chi connectivity index (χ2n) is 5.62. The van der Waals surface area contributed by atoms with E-state index in [9.17, 15) is 4.79 Å². The molecule has 24 heavy (non-hydrogen) atoms. The van der Waals surface area contributed by atoms with Crippen LogP contribution in [-0.2, 0) is 11.3 Å². The van der Waals surface area contributed by atoms with Crippen LogP contribution in [0.2, 0.25) is 5.02 Å². The van der Waals surface area contributed by atoms with E-state index >= 15 is 0 Å². The van der Waals surface area contributed by atoms with Gasteiger partial charge < -0.3 is 15.5 Å². The predicted octanol–water partition coefficient (Wildman–Crippen LogP) is 3.03. The molecule has 2 N–H and O–H groups in total. The van der Waals surface area contributed by atoms with Gasteiger partial charge in [-0.05, 0) is 43.9 Å². The predicted molar refractivity (Wildman–Crippen MR) is 110 cm³/mol. The molecule has 0 bridgehead atoms. The topological polar surface area (TPSA) is 56.7 Å². The van der Waals surface area contributed by atoms with Crippen LogP contribution in [0.1, 0.15) is 31.7 Å². The SMILES string of the molecule is CCNC(=NCc1cccc(Cl)c1)NCC(=O)N1CCCCC1.I. The molecule has 5 nitrogen and oxygen atoms in total. The van der Waals surface area contributed by atoms with Gasteiger partial charge in [-0.15, -0.1) is 24.0 Å². The number of hydrogen-bond acceptors (Lipinski definition) is 2. The van der Waals surface area contributed by atoms with Gasteiger partial charge in [-0.2, -0.15) is 0 Å². The van der Waals surface area contributed by atoms with Gasteiger partial charge in [-0.1, -0.05) is 23.7 Å². The highest BCUT2D eigenvalue weighted by Gasteiger charge is 2.16. The van der Waals surface area contributed by atoms with Gasteiger partial charge in [0.05, 0.1) is 13.1 Å². The fraction of sp³-hybridized carbons (Fsp3) is 0.529. The summed E-state index contributed by atoms with van der Waals surface area (Å²) in [4.78, 5) is 18.6. The molecule has 0 unspecified atom stereocenters. The van der Waals surface area contributed by atoms with Crippen LogP contribution in [0, 0.1) is 0 Å². The largest absolute Gasteiger partial charge is 0.357 e. The number of piperidine rings is 1. The van der Waals surface area contributed by atoms with Crippen LogP contribution in [0.25, 0.3) is 0 Å². The zero-order valence-electron chi connectivity index (χ0n) is 14.1. The Balaban J connectivity index is 0.00000288. The number of carbonyl (C=O) groups excluding carboxylic acids is 1. The Morgan fingerprint density at radius 2 is 2.00 bits per heavy atom. The molecule has 1 aromatic rings. The van der Waals surface area contributed by atoms with Crippen molar-refractivity contribution < 1.29 is 4.79 Å². The summed E-state index contributed by atoms with van der Waals surface area (Å²) in [7, 11) is 0. The number of aliphatic imine (C=N–C) groups is 1. The highest BCUT2D eigenvalue weighted by atomic mass is 127. The first kappa shape index (κ1) is 21.0. The number of halogens is 2. The molecule has 134 valence electrons. The van der Waals surface area contributed by atoms with Crippen molar-refractivity contribution in [2.45, 2.75) is 32.7 Å². The van der Waals surface area contributed by atoms with E-state index in [1.165, 1.54) is 6.42 Å². The Hall–Kier alpha value is -1.02. The Morgan fingerprint density at radius 3 is 2.67 bits per heavy atom. The van der Waals surface area contributed by atoms with E-state index in [0.29, 0.717) is 17.5 Å². The summed E-state index contributed by atoms with van der Waals surface area (Å²) in [5.74, 6) is 0.788. The molecular weight excluding hydrogens is 439 g/mol. The number of rotatable bonds is 5. The number of nitrogens with zero attached hydrogens (tertiary/aromatic N) is 2. The minimum absolute atomic E-state index is 0. The molecule has 0 saturated carbocycles. The average molecular weight is 465 g/mol. The lowest BCUT2D eigenvalue weighted by Gasteiger charge is -2.27. The minimum Gasteiger partial charge on any atom is -0.357 e. The number of nitrogens with one attached hydrogen (secondary N) is 2. The third-order valence-electron chi connectivity index (χ3n) is 3.77. The van der Waals surface area contributed by atoms with E-state index in [2.05, 4.69) is 15.6 Å². The minimum atomic E-state index is 0. The van der Waals surface area contributed by atoms with Gasteiger partial charge in [0.25, 0.3) is 0 Å². The molecule has 1 amide bonds. The number of likely N-dealkylation sites (tertiary alicyclic amines) is 1. The van der Waals surface area contributed by atoms with Gasteiger partial charge in [0.2, 0.25) is 5.91 Å². The molecule has 0 aliphatic carbocycles. The molecule has 0 atom stereocenters. The van der Waals surface area contributed by atoms with Crippen molar-refractivity contribution in [3.05, 3.63) is 34.9 Å². The van der Waals surface area contributed by atoms with E-state index < -0.39 is 0 Å². The summed E-state index contributed by atoms with van der Waals surface area (Å²) < 4.78 is 0. The van der Waals surface area contributed by atoms with Gasteiger partial charge in [-0.25, -0.2) is 4.99 Å². The van der Waals surface area contributed by atoms with Crippen molar-refractivity contribution in [3.63, 3.8) is 0 Å². The first-order valence-electron chi connectivity index (χ1n) is 8.23. The molecule has 1 saturated heterocycles. The molecule has 1 aliphatic heterocycles. The van der Waals surface area contributed by atoms with Crippen LogP contribution in [-0.4, -0.2) is 42.9 Å². The zero-order valence-corrected chi connectivity index (χ0v) is 17.1. The Labute approximate surface area is 166 Å². The highest BCUT2D eigenvalue weighted by molar-refractivity contribution is 14.0. The lowest BCUT2D eigenvalue weighted by Crippen LogP contribution is -2.46. The zero-order chi connectivity index (χ0) is 16.5. The van der Waals surface area contributed by atoms with Crippen molar-refractivity contribution in [2.75, 3.05) is 26.2 Å². The maximum absolute atomic E-state index is 12.2. The second kappa shape index (κ2) is 11.5. The monoisotopic (exact) mass is 464 g/mol. The number of benzene rings is 1. The number of carbonyl (C=O) groups is 1. The molecule has 0 spiro atoms. The van der Waals surface area contributed by atoms with Crippen molar-refractivity contribution >= 4 is 47.4 Å². The van der Waals surface area contributed by atoms with Crippen molar-refractivity contribution in [1.29, 1.82) is 0 Å².